The smallest absolute Gasteiger partial charge is 0.319 e. The maximum atomic E-state index is 17.0. The summed E-state index contributed by atoms with van der Waals surface area (Å²) in [4.78, 5) is 18.8. The van der Waals surface area contributed by atoms with Gasteiger partial charge in [0.15, 0.2) is 5.82 Å². The van der Waals surface area contributed by atoms with Gasteiger partial charge in [0, 0.05) is 24.0 Å². The molecule has 0 aliphatic carbocycles. The Balaban J connectivity index is 1.63. The molecule has 7 nitrogen and oxygen atoms in total. The van der Waals surface area contributed by atoms with Crippen LogP contribution in [0, 0.1) is 24.0 Å². The molecular weight excluding hydrogens is 591 g/mol. The first-order valence-corrected chi connectivity index (χ1v) is 17.3. The summed E-state index contributed by atoms with van der Waals surface area (Å²) in [7, 11) is -0.936. The van der Waals surface area contributed by atoms with Crippen molar-refractivity contribution in [1.82, 2.24) is 19.9 Å². The van der Waals surface area contributed by atoms with E-state index in [1.165, 1.54) is 24.3 Å². The van der Waals surface area contributed by atoms with Crippen LogP contribution in [0.5, 0.6) is 11.8 Å². The number of phenols is 1. The number of phenolic OH excluding ortho intramolecular Hbond substituents is 1. The predicted octanol–water partition coefficient (Wildman–Crippen LogP) is 6.36. The fourth-order valence-corrected chi connectivity index (χ4v) is 7.84. The number of ether oxygens (including phenoxy) is 1. The van der Waals surface area contributed by atoms with Crippen LogP contribution in [0.2, 0.25) is 0 Å². The summed E-state index contributed by atoms with van der Waals surface area (Å²) in [5.41, 5.74) is 0.633. The largest absolute Gasteiger partial charge is 0.508 e. The summed E-state index contributed by atoms with van der Waals surface area (Å²) < 4.78 is 38.3. The van der Waals surface area contributed by atoms with Gasteiger partial charge in [-0.15, -0.1) is 19.6 Å². The van der Waals surface area contributed by atoms with Crippen molar-refractivity contribution >= 4 is 40.8 Å². The average Bonchev–Trinajstić information content (AvgIpc) is 3.60. The third kappa shape index (κ3) is 5.41. The zero-order valence-corrected chi connectivity index (χ0v) is 26.5. The van der Waals surface area contributed by atoms with Gasteiger partial charge < -0.3 is 14.7 Å². The molecule has 0 bridgehead atoms. The van der Waals surface area contributed by atoms with Gasteiger partial charge >= 0.3 is 6.01 Å². The van der Waals surface area contributed by atoms with E-state index in [2.05, 4.69) is 24.0 Å². The molecule has 232 valence electrons. The van der Waals surface area contributed by atoms with E-state index in [4.69, 9.17) is 26.1 Å². The number of halogens is 2. The Morgan fingerprint density at radius 2 is 1.80 bits per heavy atom. The number of benzene rings is 2. The van der Waals surface area contributed by atoms with Gasteiger partial charge in [0.25, 0.3) is 0 Å². The molecule has 0 spiro atoms. The van der Waals surface area contributed by atoms with Gasteiger partial charge in [-0.2, -0.15) is 9.97 Å². The van der Waals surface area contributed by atoms with Gasteiger partial charge in [-0.3, -0.25) is 4.90 Å². The molecule has 2 aliphatic heterocycles. The molecule has 0 amide bonds. The van der Waals surface area contributed by atoms with Crippen LogP contribution in [0.4, 0.5) is 14.6 Å². The Hall–Kier alpha value is -4.12. The minimum Gasteiger partial charge on any atom is -0.508 e. The summed E-state index contributed by atoms with van der Waals surface area (Å²) in [5, 5.41) is 11.9. The van der Waals surface area contributed by atoms with Crippen molar-refractivity contribution in [2.45, 2.75) is 31.2 Å². The number of rotatable bonds is 10. The van der Waals surface area contributed by atoms with Crippen molar-refractivity contribution in [2.75, 3.05) is 51.0 Å². The van der Waals surface area contributed by atoms with Crippen LogP contribution in [0.1, 0.15) is 31.2 Å². The fourth-order valence-electron chi connectivity index (χ4n) is 6.88. The van der Waals surface area contributed by atoms with Crippen molar-refractivity contribution in [3.8, 4) is 35.4 Å². The molecular formula is C35H36F2N5O2P. The second-order valence-corrected chi connectivity index (χ2v) is 14.1. The van der Waals surface area contributed by atoms with E-state index in [0.29, 0.717) is 41.7 Å². The molecule has 10 heteroatoms. The third-order valence-electron chi connectivity index (χ3n) is 8.88. The molecule has 0 unspecified atom stereocenters. The number of pyridine rings is 1. The van der Waals surface area contributed by atoms with Crippen LogP contribution in [0.3, 0.4) is 0 Å². The molecule has 2 saturated heterocycles. The van der Waals surface area contributed by atoms with Crippen molar-refractivity contribution < 1.29 is 18.6 Å². The van der Waals surface area contributed by atoms with Crippen molar-refractivity contribution in [2.24, 2.45) is 0 Å². The van der Waals surface area contributed by atoms with E-state index < -0.39 is 19.6 Å². The first-order chi connectivity index (χ1) is 21.7. The second kappa shape index (κ2) is 12.3. The number of terminal acetylenes is 1. The van der Waals surface area contributed by atoms with Crippen LogP contribution >= 0.6 is 7.92 Å². The molecule has 4 aromatic rings. The Bertz CT molecular complexity index is 1850. The van der Waals surface area contributed by atoms with Gasteiger partial charge in [-0.05, 0) is 75.7 Å². The van der Waals surface area contributed by atoms with Crippen LogP contribution in [0.15, 0.2) is 49.6 Å². The van der Waals surface area contributed by atoms with Crippen LogP contribution in [-0.4, -0.2) is 76.6 Å². The Kier molecular flexibility index (Phi) is 8.47. The van der Waals surface area contributed by atoms with Crippen LogP contribution < -0.4 is 15.1 Å². The lowest BCUT2D eigenvalue weighted by Crippen LogP contribution is -2.43. The quantitative estimate of drug-likeness (QED) is 0.125. The number of aromatic hydroxyl groups is 1. The number of hydrogen-bond acceptors (Lipinski definition) is 7. The molecule has 45 heavy (non-hydrogen) atoms. The van der Waals surface area contributed by atoms with E-state index in [1.54, 1.807) is 12.2 Å². The summed E-state index contributed by atoms with van der Waals surface area (Å²) >= 11 is 0. The predicted molar refractivity (Wildman–Crippen MR) is 179 cm³/mol. The molecule has 0 atom stereocenters. The highest BCUT2D eigenvalue weighted by atomic mass is 31.1. The highest BCUT2D eigenvalue weighted by Gasteiger charge is 2.45. The maximum absolute atomic E-state index is 17.0. The van der Waals surface area contributed by atoms with Crippen molar-refractivity contribution in [3.63, 3.8) is 0 Å². The Labute approximate surface area is 263 Å². The van der Waals surface area contributed by atoms with E-state index in [9.17, 15) is 9.50 Å². The highest BCUT2D eigenvalue weighted by molar-refractivity contribution is 7.64. The average molecular weight is 628 g/mol. The highest BCUT2D eigenvalue weighted by Crippen LogP contribution is 2.42. The van der Waals surface area contributed by atoms with Gasteiger partial charge in [-0.1, -0.05) is 32.1 Å². The van der Waals surface area contributed by atoms with Crippen LogP contribution in [0.25, 0.3) is 32.9 Å². The lowest BCUT2D eigenvalue weighted by atomic mass is 9.95. The zero-order chi connectivity index (χ0) is 31.9. The zero-order valence-electron chi connectivity index (χ0n) is 25.6. The minimum atomic E-state index is -0.936. The van der Waals surface area contributed by atoms with E-state index in [0.717, 1.165) is 38.8 Å². The molecule has 0 saturated carbocycles. The number of hydrogen-bond donors (Lipinski definition) is 1. The molecule has 4 heterocycles. The van der Waals surface area contributed by atoms with E-state index in [1.807, 2.05) is 18.2 Å². The number of fused-ring (bicyclic) bond motifs is 3. The maximum Gasteiger partial charge on any atom is 0.319 e. The standard InChI is InChI=1S/C35H36F2N5O2P/c1-6-15-41(16-7-2)32-28-31(39-34(40-32)44-21-35-13-9-17-42(35)18-10-14-35)29(37)30(38-33(28)45(4)5)25-20-23(43)19-22-11-12-26(36)24(8-3)27(22)25/h3,6-7,11-12,19-20,43H,1-2,9-10,13-18,21H2,4-5H3. The summed E-state index contributed by atoms with van der Waals surface area (Å²) in [6, 6.07) is 5.64. The molecule has 0 radical (unpaired) electrons. The SMILES string of the molecule is C#Cc1c(F)ccc2cc(O)cc(-c3nc(P(C)C)c4c(N(CC=C)CC=C)nc(OCC56CCCN5CCC6)nc4c3F)c12. The van der Waals surface area contributed by atoms with Crippen molar-refractivity contribution in [1.29, 1.82) is 0 Å². The fraction of sp³-hybridized carbons (Fsp3) is 0.343. The summed E-state index contributed by atoms with van der Waals surface area (Å²) in [6.07, 6.45) is 13.5. The monoisotopic (exact) mass is 627 g/mol. The van der Waals surface area contributed by atoms with E-state index in [-0.39, 0.29) is 45.0 Å². The number of nitrogens with zero attached hydrogens (tertiary/aromatic N) is 5. The molecule has 6 rings (SSSR count). The molecule has 2 aromatic heterocycles. The summed E-state index contributed by atoms with van der Waals surface area (Å²) in [5.74, 6) is 1.39. The lowest BCUT2D eigenvalue weighted by molar-refractivity contribution is 0.108. The third-order valence-corrected chi connectivity index (χ3v) is 10.1. The second-order valence-electron chi connectivity index (χ2n) is 11.9. The molecule has 1 N–H and O–H groups in total. The topological polar surface area (TPSA) is 74.6 Å². The Morgan fingerprint density at radius 1 is 1.09 bits per heavy atom. The number of anilines is 1. The van der Waals surface area contributed by atoms with Gasteiger partial charge in [0.1, 0.15) is 35.2 Å². The minimum absolute atomic E-state index is 0.0340. The van der Waals surface area contributed by atoms with Gasteiger partial charge in [0.2, 0.25) is 0 Å². The van der Waals surface area contributed by atoms with Gasteiger partial charge in [-0.25, -0.2) is 13.8 Å². The van der Waals surface area contributed by atoms with Crippen molar-refractivity contribution in [3.05, 3.63) is 66.8 Å². The molecule has 2 fully saturated rings. The first-order valence-electron chi connectivity index (χ1n) is 15.1. The van der Waals surface area contributed by atoms with Gasteiger partial charge in [0.05, 0.1) is 21.9 Å². The lowest BCUT2D eigenvalue weighted by Gasteiger charge is -2.31. The molecule has 2 aliphatic rings. The van der Waals surface area contributed by atoms with E-state index >= 15 is 4.39 Å². The summed E-state index contributed by atoms with van der Waals surface area (Å²) in [6.45, 7) is 15.2. The molecule has 2 aromatic carbocycles. The van der Waals surface area contributed by atoms with Crippen LogP contribution in [-0.2, 0) is 0 Å². The first kappa shape index (κ1) is 30.9. The number of aromatic nitrogens is 3. The Morgan fingerprint density at radius 3 is 2.44 bits per heavy atom. The normalized spacial score (nSPS) is 15.8.